The van der Waals surface area contributed by atoms with Crippen LogP contribution < -0.4 is 15.4 Å². The Labute approximate surface area is 124 Å². The molecule has 0 saturated heterocycles. The molecule has 0 bridgehead atoms. The van der Waals surface area contributed by atoms with Crippen molar-refractivity contribution in [1.82, 2.24) is 0 Å². The molecule has 1 atom stereocenters. The predicted octanol–water partition coefficient (Wildman–Crippen LogP) is 2.54. The lowest BCUT2D eigenvalue weighted by Gasteiger charge is -2.32. The first-order valence-corrected chi connectivity index (χ1v) is 6.94. The van der Waals surface area contributed by atoms with Gasteiger partial charge in [-0.3, -0.25) is 4.79 Å². The van der Waals surface area contributed by atoms with E-state index in [2.05, 4.69) is 0 Å². The Bertz CT molecular complexity index is 680. The maximum absolute atomic E-state index is 12.4. The number of carbonyl (C=O) groups is 1. The summed E-state index contributed by atoms with van der Waals surface area (Å²) in [6.07, 6.45) is 0.0459. The molecule has 3 rings (SSSR count). The van der Waals surface area contributed by atoms with Crippen molar-refractivity contribution in [3.05, 3.63) is 53.6 Å². The monoisotopic (exact) mass is 282 g/mol. The molecule has 0 radical (unpaired) electrons. The third-order valence-corrected chi connectivity index (χ3v) is 3.76. The molecule has 4 heteroatoms. The van der Waals surface area contributed by atoms with Gasteiger partial charge >= 0.3 is 0 Å². The normalized spacial score (nSPS) is 17.3. The number of anilines is 2. The van der Waals surface area contributed by atoms with Crippen LogP contribution in [0.4, 0.5) is 11.4 Å². The Morgan fingerprint density at radius 2 is 1.90 bits per heavy atom. The molecule has 1 amide bonds. The quantitative estimate of drug-likeness (QED) is 0.861. The van der Waals surface area contributed by atoms with Crippen molar-refractivity contribution in [1.29, 1.82) is 0 Å². The van der Waals surface area contributed by atoms with Crippen molar-refractivity contribution in [3.63, 3.8) is 0 Å². The Morgan fingerprint density at radius 3 is 2.62 bits per heavy atom. The van der Waals surface area contributed by atoms with E-state index >= 15 is 0 Å². The number of aryl methyl sites for hydroxylation is 1. The van der Waals surface area contributed by atoms with Crippen LogP contribution in [0.2, 0.25) is 0 Å². The summed E-state index contributed by atoms with van der Waals surface area (Å²) in [4.78, 5) is 14.0. The lowest BCUT2D eigenvalue weighted by molar-refractivity contribution is -0.125. The topological polar surface area (TPSA) is 55.6 Å². The lowest BCUT2D eigenvalue weighted by Crippen LogP contribution is -2.44. The highest BCUT2D eigenvalue weighted by Crippen LogP contribution is 2.35. The van der Waals surface area contributed by atoms with Gasteiger partial charge in [-0.15, -0.1) is 0 Å². The maximum Gasteiger partial charge on any atom is 0.268 e. The van der Waals surface area contributed by atoms with Crippen molar-refractivity contribution < 1.29 is 9.53 Å². The molecule has 2 aromatic carbocycles. The first kappa shape index (κ1) is 13.5. The fraction of sp³-hybridized carbons (Fsp3) is 0.235. The summed E-state index contributed by atoms with van der Waals surface area (Å²) in [7, 11) is 1.77. The Balaban J connectivity index is 1.87. The minimum Gasteiger partial charge on any atom is -0.478 e. The highest BCUT2D eigenvalue weighted by atomic mass is 16.5. The zero-order valence-corrected chi connectivity index (χ0v) is 12.2. The standard InChI is InChI=1S/C17H18N2O2/c1-11-3-5-12(6-4-11)9-16-17(20)19(2)14-8-7-13(18)10-15(14)21-16/h3-8,10,16H,9,18H2,1-2H3. The molecule has 0 saturated carbocycles. The molecule has 4 nitrogen and oxygen atoms in total. The van der Waals surface area contributed by atoms with Gasteiger partial charge in [0.25, 0.3) is 5.91 Å². The maximum atomic E-state index is 12.4. The fourth-order valence-corrected chi connectivity index (χ4v) is 2.51. The highest BCUT2D eigenvalue weighted by molar-refractivity contribution is 6.00. The van der Waals surface area contributed by atoms with E-state index in [0.29, 0.717) is 17.9 Å². The number of rotatable bonds is 2. The number of fused-ring (bicyclic) bond motifs is 1. The first-order valence-electron chi connectivity index (χ1n) is 6.94. The van der Waals surface area contributed by atoms with E-state index in [4.69, 9.17) is 10.5 Å². The first-order chi connectivity index (χ1) is 10.0. The minimum absolute atomic E-state index is 0.0344. The van der Waals surface area contributed by atoms with Gasteiger partial charge in [0, 0.05) is 25.2 Å². The summed E-state index contributed by atoms with van der Waals surface area (Å²) >= 11 is 0. The molecule has 21 heavy (non-hydrogen) atoms. The van der Waals surface area contributed by atoms with Crippen LogP contribution in [0.15, 0.2) is 42.5 Å². The van der Waals surface area contributed by atoms with Crippen LogP contribution in [0, 0.1) is 6.92 Å². The van der Waals surface area contributed by atoms with E-state index in [-0.39, 0.29) is 5.91 Å². The number of hydrogen-bond donors (Lipinski definition) is 1. The number of nitrogen functional groups attached to an aromatic ring is 1. The van der Waals surface area contributed by atoms with Crippen LogP contribution in [-0.4, -0.2) is 19.1 Å². The molecule has 1 unspecified atom stereocenters. The molecule has 1 heterocycles. The van der Waals surface area contributed by atoms with Gasteiger partial charge in [0.2, 0.25) is 0 Å². The number of carbonyl (C=O) groups excluding carboxylic acids is 1. The number of hydrogen-bond acceptors (Lipinski definition) is 3. The second-order valence-electron chi connectivity index (χ2n) is 5.42. The van der Waals surface area contributed by atoms with Gasteiger partial charge < -0.3 is 15.4 Å². The van der Waals surface area contributed by atoms with E-state index in [9.17, 15) is 4.79 Å². The second kappa shape index (κ2) is 5.13. The summed E-state index contributed by atoms with van der Waals surface area (Å²) in [6, 6.07) is 13.5. The van der Waals surface area contributed by atoms with Crippen LogP contribution in [0.5, 0.6) is 5.75 Å². The van der Waals surface area contributed by atoms with Gasteiger partial charge in [-0.2, -0.15) is 0 Å². The van der Waals surface area contributed by atoms with Crippen LogP contribution in [0.3, 0.4) is 0 Å². The van der Waals surface area contributed by atoms with E-state index < -0.39 is 6.10 Å². The Morgan fingerprint density at radius 1 is 1.19 bits per heavy atom. The van der Waals surface area contributed by atoms with Crippen molar-refractivity contribution in [2.24, 2.45) is 0 Å². The van der Waals surface area contributed by atoms with Gasteiger partial charge in [0.1, 0.15) is 5.75 Å². The number of amides is 1. The fourth-order valence-electron chi connectivity index (χ4n) is 2.51. The van der Waals surface area contributed by atoms with Crippen molar-refractivity contribution in [2.45, 2.75) is 19.4 Å². The largest absolute Gasteiger partial charge is 0.478 e. The Hall–Kier alpha value is -2.49. The molecule has 2 aromatic rings. The van der Waals surface area contributed by atoms with Gasteiger partial charge in [-0.25, -0.2) is 0 Å². The van der Waals surface area contributed by atoms with E-state index in [1.54, 1.807) is 24.1 Å². The summed E-state index contributed by atoms with van der Waals surface area (Å²) < 4.78 is 5.86. The molecule has 0 spiro atoms. The molecule has 1 aliphatic rings. The zero-order chi connectivity index (χ0) is 15.0. The Kier molecular flexibility index (Phi) is 3.29. The van der Waals surface area contributed by atoms with Gasteiger partial charge in [-0.1, -0.05) is 29.8 Å². The van der Waals surface area contributed by atoms with Gasteiger partial charge in [0.05, 0.1) is 5.69 Å². The van der Waals surface area contributed by atoms with Crippen LogP contribution in [0.25, 0.3) is 0 Å². The average Bonchev–Trinajstić information content (AvgIpc) is 2.46. The van der Waals surface area contributed by atoms with E-state index in [1.165, 1.54) is 5.56 Å². The van der Waals surface area contributed by atoms with Crippen LogP contribution in [0.1, 0.15) is 11.1 Å². The van der Waals surface area contributed by atoms with E-state index in [1.807, 2.05) is 37.3 Å². The van der Waals surface area contributed by atoms with E-state index in [0.717, 1.165) is 11.3 Å². The van der Waals surface area contributed by atoms with Gasteiger partial charge in [-0.05, 0) is 24.6 Å². The zero-order valence-electron chi connectivity index (χ0n) is 12.2. The molecular weight excluding hydrogens is 264 g/mol. The molecule has 1 aliphatic heterocycles. The average molecular weight is 282 g/mol. The second-order valence-corrected chi connectivity index (χ2v) is 5.42. The molecule has 0 aliphatic carbocycles. The molecule has 0 fully saturated rings. The molecule has 108 valence electrons. The third kappa shape index (κ3) is 2.57. The number of ether oxygens (including phenoxy) is 1. The van der Waals surface area contributed by atoms with Crippen molar-refractivity contribution >= 4 is 17.3 Å². The van der Waals surface area contributed by atoms with Crippen molar-refractivity contribution in [3.8, 4) is 5.75 Å². The predicted molar refractivity (Wildman–Crippen MR) is 83.6 cm³/mol. The minimum atomic E-state index is -0.507. The number of likely N-dealkylation sites (N-methyl/N-ethyl adjacent to an activating group) is 1. The smallest absolute Gasteiger partial charge is 0.268 e. The summed E-state index contributed by atoms with van der Waals surface area (Å²) in [6.45, 7) is 2.04. The number of benzene rings is 2. The van der Waals surface area contributed by atoms with Crippen LogP contribution in [-0.2, 0) is 11.2 Å². The van der Waals surface area contributed by atoms with Crippen molar-refractivity contribution in [2.75, 3.05) is 17.7 Å². The molecule has 2 N–H and O–H groups in total. The highest BCUT2D eigenvalue weighted by Gasteiger charge is 2.32. The summed E-state index contributed by atoms with van der Waals surface area (Å²) in [5.74, 6) is 0.627. The molecular formula is C17H18N2O2. The summed E-state index contributed by atoms with van der Waals surface area (Å²) in [5, 5.41) is 0. The lowest BCUT2D eigenvalue weighted by atomic mass is 10.0. The summed E-state index contributed by atoms with van der Waals surface area (Å²) in [5.41, 5.74) is 9.46. The number of nitrogens with two attached hydrogens (primary N) is 1. The van der Waals surface area contributed by atoms with Gasteiger partial charge in [0.15, 0.2) is 6.10 Å². The number of nitrogens with zero attached hydrogens (tertiary/aromatic N) is 1. The third-order valence-electron chi connectivity index (χ3n) is 3.76. The SMILES string of the molecule is Cc1ccc(CC2Oc3cc(N)ccc3N(C)C2=O)cc1. The van der Waals surface area contributed by atoms with Crippen LogP contribution >= 0.6 is 0 Å². The molecule has 0 aromatic heterocycles.